The third kappa shape index (κ3) is 7.15. The first-order valence-corrected chi connectivity index (χ1v) is 11.4. The summed E-state index contributed by atoms with van der Waals surface area (Å²) in [6, 6.07) is 6.32. The number of hydrogen-bond acceptors (Lipinski definition) is 6. The second-order valence-electron chi connectivity index (χ2n) is 5.83. The summed E-state index contributed by atoms with van der Waals surface area (Å²) >= 11 is 1.34. The van der Waals surface area contributed by atoms with E-state index in [-0.39, 0.29) is 28.6 Å². The van der Waals surface area contributed by atoms with Crippen LogP contribution >= 0.6 is 11.8 Å². The number of carbonyl (C=O) groups is 2. The Balaban J connectivity index is 2.60. The SMILES string of the molecule is CCN(CC)S(=O)(=O)c1ccc(C(C)NC(=O)CCSCC(=O)OC)cc1. The van der Waals surface area contributed by atoms with Crippen molar-refractivity contribution in [1.29, 1.82) is 0 Å². The fourth-order valence-electron chi connectivity index (χ4n) is 2.42. The molecule has 0 heterocycles. The van der Waals surface area contributed by atoms with Crippen LogP contribution in [0.4, 0.5) is 0 Å². The average molecular weight is 417 g/mol. The van der Waals surface area contributed by atoms with E-state index in [9.17, 15) is 18.0 Å². The second kappa shape index (κ2) is 11.3. The molecule has 27 heavy (non-hydrogen) atoms. The molecule has 0 aliphatic heterocycles. The van der Waals surface area contributed by atoms with E-state index >= 15 is 0 Å². The number of methoxy groups -OCH3 is 1. The Hall–Kier alpha value is -1.58. The van der Waals surface area contributed by atoms with Crippen molar-refractivity contribution in [2.45, 2.75) is 38.1 Å². The molecule has 0 aliphatic rings. The molecule has 0 aliphatic carbocycles. The van der Waals surface area contributed by atoms with Gasteiger partial charge in [0.1, 0.15) is 0 Å². The molecule has 0 radical (unpaired) electrons. The molecule has 1 aromatic rings. The van der Waals surface area contributed by atoms with Gasteiger partial charge in [-0.15, -0.1) is 11.8 Å². The van der Waals surface area contributed by atoms with Gasteiger partial charge in [-0.3, -0.25) is 9.59 Å². The van der Waals surface area contributed by atoms with Gasteiger partial charge in [0.15, 0.2) is 0 Å². The standard InChI is InChI=1S/C18H28N2O5S2/c1-5-20(6-2)27(23,24)16-9-7-15(8-10-16)14(3)19-17(21)11-12-26-13-18(22)25-4/h7-10,14H,5-6,11-13H2,1-4H3,(H,19,21). The zero-order chi connectivity index (χ0) is 20.4. The molecule has 1 aromatic carbocycles. The molecule has 0 spiro atoms. The number of thioether (sulfide) groups is 1. The number of esters is 1. The van der Waals surface area contributed by atoms with Crippen LogP contribution in [0.1, 0.15) is 38.8 Å². The maximum atomic E-state index is 12.5. The van der Waals surface area contributed by atoms with E-state index in [0.717, 1.165) is 5.56 Å². The van der Waals surface area contributed by atoms with Gasteiger partial charge in [0.25, 0.3) is 0 Å². The second-order valence-corrected chi connectivity index (χ2v) is 8.87. The van der Waals surface area contributed by atoms with Crippen LogP contribution in [0.15, 0.2) is 29.2 Å². The maximum Gasteiger partial charge on any atom is 0.315 e. The Kier molecular flexibility index (Phi) is 9.82. The molecule has 1 amide bonds. The summed E-state index contributed by atoms with van der Waals surface area (Å²) in [5.41, 5.74) is 0.823. The normalized spacial score (nSPS) is 12.6. The molecule has 7 nitrogen and oxygen atoms in total. The summed E-state index contributed by atoms with van der Waals surface area (Å²) in [5, 5.41) is 2.87. The highest BCUT2D eigenvalue weighted by atomic mass is 32.2. The van der Waals surface area contributed by atoms with Gasteiger partial charge in [0.05, 0.1) is 23.8 Å². The number of benzene rings is 1. The first-order valence-electron chi connectivity index (χ1n) is 8.80. The molecule has 0 saturated carbocycles. The highest BCUT2D eigenvalue weighted by molar-refractivity contribution is 7.99. The van der Waals surface area contributed by atoms with Crippen molar-refractivity contribution in [3.05, 3.63) is 29.8 Å². The molecule has 0 saturated heterocycles. The van der Waals surface area contributed by atoms with Gasteiger partial charge in [0.2, 0.25) is 15.9 Å². The lowest BCUT2D eigenvalue weighted by atomic mass is 10.1. The third-order valence-corrected chi connectivity index (χ3v) is 7.02. The molecule has 1 atom stereocenters. The summed E-state index contributed by atoms with van der Waals surface area (Å²) in [6.45, 7) is 6.28. The fourth-order valence-corrected chi connectivity index (χ4v) is 4.63. The lowest BCUT2D eigenvalue weighted by Crippen LogP contribution is -2.30. The zero-order valence-corrected chi connectivity index (χ0v) is 17.9. The number of nitrogens with zero attached hydrogens (tertiary/aromatic N) is 1. The van der Waals surface area contributed by atoms with Crippen LogP contribution in [0, 0.1) is 0 Å². The summed E-state index contributed by atoms with van der Waals surface area (Å²) in [4.78, 5) is 23.2. The van der Waals surface area contributed by atoms with E-state index in [1.54, 1.807) is 38.1 Å². The summed E-state index contributed by atoms with van der Waals surface area (Å²) in [7, 11) is -2.16. The lowest BCUT2D eigenvalue weighted by Gasteiger charge is -2.19. The summed E-state index contributed by atoms with van der Waals surface area (Å²) < 4.78 is 30.9. The van der Waals surface area contributed by atoms with Crippen LogP contribution in [0.25, 0.3) is 0 Å². The van der Waals surface area contributed by atoms with E-state index in [2.05, 4.69) is 10.1 Å². The number of hydrogen-bond donors (Lipinski definition) is 1. The van der Waals surface area contributed by atoms with Gasteiger partial charge in [-0.2, -0.15) is 4.31 Å². The molecule has 0 bridgehead atoms. The first-order chi connectivity index (χ1) is 12.8. The molecule has 0 aromatic heterocycles. The van der Waals surface area contributed by atoms with Gasteiger partial charge < -0.3 is 10.1 Å². The Bertz CT molecular complexity index is 716. The molecule has 9 heteroatoms. The number of nitrogens with one attached hydrogen (secondary N) is 1. The minimum atomic E-state index is -3.49. The van der Waals surface area contributed by atoms with Crippen LogP contribution in [-0.4, -0.2) is 56.3 Å². The fraction of sp³-hybridized carbons (Fsp3) is 0.556. The molecular weight excluding hydrogens is 388 g/mol. The van der Waals surface area contributed by atoms with E-state index in [4.69, 9.17) is 0 Å². The van der Waals surface area contributed by atoms with Crippen molar-refractivity contribution in [3.63, 3.8) is 0 Å². The molecule has 152 valence electrons. The number of carbonyl (C=O) groups excluding carboxylic acids is 2. The Labute approximate surface area is 165 Å². The Morgan fingerprint density at radius 2 is 1.78 bits per heavy atom. The minimum Gasteiger partial charge on any atom is -0.468 e. The molecule has 1 N–H and O–H groups in total. The van der Waals surface area contributed by atoms with Crippen molar-refractivity contribution >= 4 is 33.7 Å². The van der Waals surface area contributed by atoms with Crippen LogP contribution in [0.2, 0.25) is 0 Å². The lowest BCUT2D eigenvalue weighted by molar-refractivity contribution is -0.137. The predicted molar refractivity (Wildman–Crippen MR) is 107 cm³/mol. The topological polar surface area (TPSA) is 92.8 Å². The van der Waals surface area contributed by atoms with E-state index in [0.29, 0.717) is 25.3 Å². The zero-order valence-electron chi connectivity index (χ0n) is 16.2. The van der Waals surface area contributed by atoms with Gasteiger partial charge in [-0.05, 0) is 24.6 Å². The molecular formula is C18H28N2O5S2. The predicted octanol–water partition coefficient (Wildman–Crippen LogP) is 2.19. The largest absolute Gasteiger partial charge is 0.468 e. The van der Waals surface area contributed by atoms with E-state index < -0.39 is 10.0 Å². The maximum absolute atomic E-state index is 12.5. The number of amides is 1. The van der Waals surface area contributed by atoms with Crippen molar-refractivity contribution in [1.82, 2.24) is 9.62 Å². The monoisotopic (exact) mass is 416 g/mol. The van der Waals surface area contributed by atoms with Crippen LogP contribution in [-0.2, 0) is 24.3 Å². The Morgan fingerprint density at radius 1 is 1.19 bits per heavy atom. The van der Waals surface area contributed by atoms with Gasteiger partial charge in [0, 0.05) is 25.3 Å². The molecule has 1 unspecified atom stereocenters. The highest BCUT2D eigenvalue weighted by Gasteiger charge is 2.21. The van der Waals surface area contributed by atoms with Crippen molar-refractivity contribution in [3.8, 4) is 0 Å². The highest BCUT2D eigenvalue weighted by Crippen LogP contribution is 2.19. The summed E-state index contributed by atoms with van der Waals surface area (Å²) in [5.74, 6) is 0.310. The first kappa shape index (κ1) is 23.5. The smallest absolute Gasteiger partial charge is 0.315 e. The minimum absolute atomic E-state index is 0.125. The van der Waals surface area contributed by atoms with E-state index in [1.807, 2.05) is 6.92 Å². The molecule has 0 fully saturated rings. The van der Waals surface area contributed by atoms with Crippen LogP contribution in [0.3, 0.4) is 0 Å². The van der Waals surface area contributed by atoms with Gasteiger partial charge >= 0.3 is 5.97 Å². The van der Waals surface area contributed by atoms with Crippen molar-refractivity contribution in [2.24, 2.45) is 0 Å². The van der Waals surface area contributed by atoms with E-state index in [1.165, 1.54) is 23.2 Å². The van der Waals surface area contributed by atoms with Crippen LogP contribution < -0.4 is 5.32 Å². The van der Waals surface area contributed by atoms with Gasteiger partial charge in [-0.1, -0.05) is 26.0 Å². The third-order valence-electron chi connectivity index (χ3n) is 4.02. The summed E-state index contributed by atoms with van der Waals surface area (Å²) in [6.07, 6.45) is 0.292. The van der Waals surface area contributed by atoms with Gasteiger partial charge in [-0.25, -0.2) is 8.42 Å². The van der Waals surface area contributed by atoms with Crippen LogP contribution in [0.5, 0.6) is 0 Å². The van der Waals surface area contributed by atoms with Crippen molar-refractivity contribution < 1.29 is 22.7 Å². The van der Waals surface area contributed by atoms with Crippen molar-refractivity contribution in [2.75, 3.05) is 31.7 Å². The molecule has 1 rings (SSSR count). The number of sulfonamides is 1. The average Bonchev–Trinajstić information content (AvgIpc) is 2.65. The Morgan fingerprint density at radius 3 is 2.30 bits per heavy atom. The number of rotatable bonds is 11. The quantitative estimate of drug-likeness (QED) is 0.439. The number of ether oxygens (including phenoxy) is 1.